The predicted molar refractivity (Wildman–Crippen MR) is 182 cm³/mol. The lowest BCUT2D eigenvalue weighted by Crippen LogP contribution is -2.59. The molecule has 262 valence electrons. The third-order valence-corrected chi connectivity index (χ3v) is 10.1. The van der Waals surface area contributed by atoms with Crippen LogP contribution in [0.25, 0.3) is 0 Å². The van der Waals surface area contributed by atoms with Crippen LogP contribution in [-0.2, 0) is 36.3 Å². The van der Waals surface area contributed by atoms with Crippen molar-refractivity contribution in [3.05, 3.63) is 99.6 Å². The number of hydroxylamine groups is 1. The first-order valence-corrected chi connectivity index (χ1v) is 19.6. The zero-order chi connectivity index (χ0) is 35.5. The van der Waals surface area contributed by atoms with Gasteiger partial charge in [-0.1, -0.05) is 60.8 Å². The first-order chi connectivity index (χ1) is 23.2. The van der Waals surface area contributed by atoms with Gasteiger partial charge < -0.3 is 9.64 Å². The minimum Gasteiger partial charge on any atom is -0.496 e. The van der Waals surface area contributed by atoms with Crippen LogP contribution in [-0.4, -0.2) is 71.2 Å². The molecule has 0 aromatic heterocycles. The number of sulfonamides is 2. The van der Waals surface area contributed by atoms with Crippen molar-refractivity contribution >= 4 is 49.4 Å². The predicted octanol–water partition coefficient (Wildman–Crippen LogP) is 3.43. The Bertz CT molecular complexity index is 1960. The Hall–Kier alpha value is -4.02. The van der Waals surface area contributed by atoms with Crippen molar-refractivity contribution in [2.75, 3.05) is 19.6 Å². The summed E-state index contributed by atoms with van der Waals surface area (Å²) < 4.78 is 57.9. The topological polar surface area (TPSA) is 177 Å². The number of hydrogen-bond donors (Lipinski definition) is 3. The number of benzene rings is 3. The average Bonchev–Trinajstić information content (AvgIpc) is 3.04. The molecule has 0 saturated heterocycles. The molecule has 1 fully saturated rings. The largest absolute Gasteiger partial charge is 0.496 e. The summed E-state index contributed by atoms with van der Waals surface area (Å²) in [6, 6.07) is 16.1. The molecule has 1 saturated carbocycles. The monoisotopic (exact) mass is 732 g/mol. The van der Waals surface area contributed by atoms with Crippen LogP contribution in [0.1, 0.15) is 75.0 Å². The average molecular weight is 733 g/mol. The van der Waals surface area contributed by atoms with E-state index in [0.29, 0.717) is 40.1 Å². The highest BCUT2D eigenvalue weighted by atomic mass is 35.5. The number of nitrogens with zero attached hydrogens (tertiary/aromatic N) is 1. The highest BCUT2D eigenvalue weighted by Gasteiger charge is 2.49. The van der Waals surface area contributed by atoms with E-state index in [1.807, 2.05) is 4.72 Å². The second-order valence-electron chi connectivity index (χ2n) is 12.1. The van der Waals surface area contributed by atoms with Gasteiger partial charge in [0, 0.05) is 22.7 Å². The molecule has 16 heteroatoms. The Morgan fingerprint density at radius 3 is 2.31 bits per heavy atom. The molecule has 3 N–H and O–H groups in total. The van der Waals surface area contributed by atoms with E-state index in [0.717, 1.165) is 25.4 Å². The smallest absolute Gasteiger partial charge is 0.268 e. The standard InChI is InChI=1S/C33H37ClN4O9S2/c1-46-28-17-12-20(18-25(28)31(39)37-49(3,44)45)19-47-35-32(40)29-23-8-4-5-9-24(23)33(41)38(30(29)21-13-15-22(34)16-14-21)27-11-7-6-10-26(27)36-48(2,42)43/h4-5,8-9,12-18,26-27,29-30,36H,6-7,10-11,19H2,1-3H3,(H,35,40)(H,37,39)/t26-,27?,29+,30-/m0/s1. The SMILES string of the molecule is COc1ccc(CONC(=O)[C@@H]2c3ccccc3C(=O)N(C3CCCC[C@@H]3NS(C)(=O)=O)[C@H]2c2ccc(Cl)cc2)cc1C(=O)NS(C)(=O)=O. The van der Waals surface area contributed by atoms with Crippen LogP contribution in [0, 0.1) is 0 Å². The van der Waals surface area contributed by atoms with Crippen molar-refractivity contribution in [3.8, 4) is 5.75 Å². The highest BCUT2D eigenvalue weighted by molar-refractivity contribution is 7.89. The fourth-order valence-electron chi connectivity index (χ4n) is 6.57. The Kier molecular flexibility index (Phi) is 11.0. The van der Waals surface area contributed by atoms with Gasteiger partial charge >= 0.3 is 0 Å². The third-order valence-electron chi connectivity index (χ3n) is 8.52. The molecule has 5 rings (SSSR count). The van der Waals surface area contributed by atoms with Gasteiger partial charge in [0.05, 0.1) is 43.8 Å². The van der Waals surface area contributed by atoms with Gasteiger partial charge in [-0.15, -0.1) is 0 Å². The van der Waals surface area contributed by atoms with Gasteiger partial charge in [0.2, 0.25) is 20.0 Å². The second-order valence-corrected chi connectivity index (χ2v) is 16.1. The van der Waals surface area contributed by atoms with Crippen LogP contribution in [0.2, 0.25) is 5.02 Å². The van der Waals surface area contributed by atoms with Crippen molar-refractivity contribution in [2.24, 2.45) is 0 Å². The van der Waals surface area contributed by atoms with Gasteiger partial charge in [0.1, 0.15) is 5.75 Å². The zero-order valence-electron chi connectivity index (χ0n) is 27.0. The molecular weight excluding hydrogens is 696 g/mol. The van der Waals surface area contributed by atoms with Crippen molar-refractivity contribution < 1.29 is 40.8 Å². The molecule has 3 amide bonds. The van der Waals surface area contributed by atoms with E-state index in [9.17, 15) is 31.2 Å². The lowest BCUT2D eigenvalue weighted by Gasteiger charge is -2.49. The number of amides is 3. The van der Waals surface area contributed by atoms with E-state index in [1.54, 1.807) is 59.5 Å². The third kappa shape index (κ3) is 8.59. The number of fused-ring (bicyclic) bond motifs is 1. The number of methoxy groups -OCH3 is 1. The Morgan fingerprint density at radius 2 is 1.63 bits per heavy atom. The van der Waals surface area contributed by atoms with Gasteiger partial charge in [-0.05, 0) is 59.9 Å². The molecule has 1 aliphatic heterocycles. The molecule has 0 bridgehead atoms. The van der Waals surface area contributed by atoms with Crippen LogP contribution in [0.4, 0.5) is 0 Å². The molecule has 0 spiro atoms. The van der Waals surface area contributed by atoms with E-state index in [1.165, 1.54) is 19.2 Å². The van der Waals surface area contributed by atoms with Crippen molar-refractivity contribution in [2.45, 2.75) is 56.3 Å². The number of nitrogens with one attached hydrogen (secondary N) is 3. The molecule has 2 aliphatic rings. The zero-order valence-corrected chi connectivity index (χ0v) is 29.4. The maximum Gasteiger partial charge on any atom is 0.268 e. The Balaban J connectivity index is 1.49. The van der Waals surface area contributed by atoms with E-state index < -0.39 is 55.9 Å². The summed E-state index contributed by atoms with van der Waals surface area (Å²) in [4.78, 5) is 48.5. The fourth-order valence-corrected chi connectivity index (χ4v) is 7.97. The van der Waals surface area contributed by atoms with Crippen LogP contribution in [0.5, 0.6) is 5.75 Å². The number of rotatable bonds is 11. The quantitative estimate of drug-likeness (QED) is 0.249. The van der Waals surface area contributed by atoms with Gasteiger partial charge in [0.15, 0.2) is 0 Å². The molecule has 4 atom stereocenters. The first kappa shape index (κ1) is 36.3. The molecule has 3 aromatic rings. The lowest BCUT2D eigenvalue weighted by atomic mass is 9.76. The van der Waals surface area contributed by atoms with Gasteiger partial charge in [0.25, 0.3) is 17.7 Å². The summed E-state index contributed by atoms with van der Waals surface area (Å²) in [6.45, 7) is -0.208. The van der Waals surface area contributed by atoms with Gasteiger partial charge in [-0.3, -0.25) is 19.2 Å². The summed E-state index contributed by atoms with van der Waals surface area (Å²) in [5, 5.41) is 0.459. The van der Waals surface area contributed by atoms with Crippen molar-refractivity contribution in [3.63, 3.8) is 0 Å². The van der Waals surface area contributed by atoms with Gasteiger partial charge in [-0.25, -0.2) is 31.8 Å². The van der Waals surface area contributed by atoms with E-state index >= 15 is 0 Å². The summed E-state index contributed by atoms with van der Waals surface area (Å²) in [5.41, 5.74) is 4.29. The summed E-state index contributed by atoms with van der Waals surface area (Å²) in [7, 11) is -6.13. The highest BCUT2D eigenvalue weighted by Crippen LogP contribution is 2.46. The van der Waals surface area contributed by atoms with E-state index in [2.05, 4.69) is 10.2 Å². The Labute approximate surface area is 290 Å². The molecule has 1 unspecified atom stereocenters. The molecule has 1 heterocycles. The molecule has 1 aliphatic carbocycles. The van der Waals surface area contributed by atoms with Crippen LogP contribution >= 0.6 is 11.6 Å². The number of carbonyl (C=O) groups is 3. The Morgan fingerprint density at radius 1 is 0.939 bits per heavy atom. The van der Waals surface area contributed by atoms with Crippen LogP contribution < -0.4 is 19.7 Å². The van der Waals surface area contributed by atoms with Crippen LogP contribution in [0.15, 0.2) is 66.7 Å². The minimum absolute atomic E-state index is 0.0525. The van der Waals surface area contributed by atoms with E-state index in [-0.39, 0.29) is 23.8 Å². The maximum atomic E-state index is 14.4. The number of hydrogen-bond acceptors (Lipinski definition) is 9. The lowest BCUT2D eigenvalue weighted by molar-refractivity contribution is -0.138. The van der Waals surface area contributed by atoms with Crippen LogP contribution in [0.3, 0.4) is 0 Å². The number of halogens is 1. The minimum atomic E-state index is -3.85. The molecule has 0 radical (unpaired) electrons. The molecular formula is C33H37ClN4O9S2. The number of ether oxygens (including phenoxy) is 1. The maximum absolute atomic E-state index is 14.4. The molecule has 3 aromatic carbocycles. The normalized spacial score (nSPS) is 21.1. The summed E-state index contributed by atoms with van der Waals surface area (Å²) >= 11 is 6.23. The summed E-state index contributed by atoms with van der Waals surface area (Å²) in [6.07, 6.45) is 4.50. The molecule has 49 heavy (non-hydrogen) atoms. The van der Waals surface area contributed by atoms with Crippen molar-refractivity contribution in [1.82, 2.24) is 19.8 Å². The first-order valence-electron chi connectivity index (χ1n) is 15.4. The second kappa shape index (κ2) is 14.8. The fraction of sp³-hybridized carbons (Fsp3) is 0.364. The summed E-state index contributed by atoms with van der Waals surface area (Å²) in [5.74, 6) is -2.65. The van der Waals surface area contributed by atoms with E-state index in [4.69, 9.17) is 21.2 Å². The van der Waals surface area contributed by atoms with Crippen molar-refractivity contribution in [1.29, 1.82) is 0 Å². The van der Waals surface area contributed by atoms with Gasteiger partial charge in [-0.2, -0.15) is 0 Å². The molecule has 13 nitrogen and oxygen atoms in total. The number of carbonyl (C=O) groups excluding carboxylic acids is 3.